The van der Waals surface area contributed by atoms with Gasteiger partial charge in [-0.2, -0.15) is 0 Å². The van der Waals surface area contributed by atoms with Gasteiger partial charge in [-0.25, -0.2) is 9.78 Å². The first-order chi connectivity index (χ1) is 9.94. The van der Waals surface area contributed by atoms with Crippen LogP contribution in [0.25, 0.3) is 0 Å². The van der Waals surface area contributed by atoms with Crippen molar-refractivity contribution < 1.29 is 14.6 Å². The molecule has 0 aromatic carbocycles. The van der Waals surface area contributed by atoms with Crippen LogP contribution >= 0.6 is 11.6 Å². The lowest BCUT2D eigenvalue weighted by Gasteiger charge is -2.30. The molecular weight excluding hydrogens is 294 g/mol. The predicted molar refractivity (Wildman–Crippen MR) is 79.9 cm³/mol. The van der Waals surface area contributed by atoms with Crippen LogP contribution in [0.3, 0.4) is 0 Å². The van der Waals surface area contributed by atoms with Crippen molar-refractivity contribution in [3.05, 3.63) is 22.8 Å². The third kappa shape index (κ3) is 4.75. The van der Waals surface area contributed by atoms with Crippen LogP contribution in [0.15, 0.2) is 12.1 Å². The Bertz CT molecular complexity index is 502. The van der Waals surface area contributed by atoms with Crippen LogP contribution in [0.5, 0.6) is 5.88 Å². The summed E-state index contributed by atoms with van der Waals surface area (Å²) in [5.41, 5.74) is 1.04. The van der Waals surface area contributed by atoms with Gasteiger partial charge in [0.05, 0.1) is 0 Å². The number of carboxylic acid groups (broad SMARTS) is 1. The minimum atomic E-state index is -0.873. The molecule has 6 nitrogen and oxygen atoms in total. The fraction of sp³-hybridized carbons (Fsp3) is 0.571. The molecule has 0 atom stereocenters. The predicted octanol–water partition coefficient (Wildman–Crippen LogP) is 2.32. The average molecular weight is 314 g/mol. The first kappa shape index (κ1) is 15.9. The van der Waals surface area contributed by atoms with Gasteiger partial charge in [0.2, 0.25) is 5.88 Å². The number of hydrogen-bond donors (Lipinski definition) is 1. The van der Waals surface area contributed by atoms with E-state index in [9.17, 15) is 4.79 Å². The molecule has 1 aliphatic rings. The SMILES string of the molecule is CN(C)Cc1cc(Cl)nc(OC2CCN(C(=O)O)CC2)c1. The van der Waals surface area contributed by atoms with Gasteiger partial charge in [0.15, 0.2) is 0 Å². The molecule has 0 bridgehead atoms. The Hall–Kier alpha value is -1.53. The summed E-state index contributed by atoms with van der Waals surface area (Å²) in [6, 6.07) is 3.71. The van der Waals surface area contributed by atoms with Crippen molar-refractivity contribution in [2.75, 3.05) is 27.2 Å². The van der Waals surface area contributed by atoms with Gasteiger partial charge in [0.1, 0.15) is 11.3 Å². The van der Waals surface area contributed by atoms with Gasteiger partial charge in [-0.05, 0) is 25.7 Å². The van der Waals surface area contributed by atoms with Crippen molar-refractivity contribution in [1.82, 2.24) is 14.8 Å². The summed E-state index contributed by atoms with van der Waals surface area (Å²) < 4.78 is 5.85. The molecule has 1 aromatic heterocycles. The number of hydrogen-bond acceptors (Lipinski definition) is 4. The highest BCUT2D eigenvalue weighted by atomic mass is 35.5. The lowest BCUT2D eigenvalue weighted by Crippen LogP contribution is -2.41. The molecule has 1 aliphatic heterocycles. The molecule has 1 aromatic rings. The standard InChI is InChI=1S/C14H20ClN3O3/c1-17(2)9-10-7-12(15)16-13(8-10)21-11-3-5-18(6-4-11)14(19)20/h7-8,11H,3-6,9H2,1-2H3,(H,19,20). The number of nitrogens with zero attached hydrogens (tertiary/aromatic N) is 3. The van der Waals surface area contributed by atoms with Crippen molar-refractivity contribution in [2.45, 2.75) is 25.5 Å². The third-order valence-electron chi connectivity index (χ3n) is 3.33. The fourth-order valence-corrected chi connectivity index (χ4v) is 2.60. The Morgan fingerprint density at radius 1 is 1.48 bits per heavy atom. The number of amides is 1. The van der Waals surface area contributed by atoms with E-state index >= 15 is 0 Å². The van der Waals surface area contributed by atoms with Crippen LogP contribution in [0, 0.1) is 0 Å². The highest BCUT2D eigenvalue weighted by Crippen LogP contribution is 2.21. The van der Waals surface area contributed by atoms with E-state index in [1.165, 1.54) is 4.90 Å². The van der Waals surface area contributed by atoms with Crippen molar-refractivity contribution in [3.63, 3.8) is 0 Å². The zero-order valence-electron chi connectivity index (χ0n) is 12.3. The molecule has 1 amide bonds. The first-order valence-corrected chi connectivity index (χ1v) is 7.27. The molecule has 1 fully saturated rings. The van der Waals surface area contributed by atoms with E-state index in [-0.39, 0.29) is 6.10 Å². The van der Waals surface area contributed by atoms with E-state index in [4.69, 9.17) is 21.4 Å². The summed E-state index contributed by atoms with van der Waals surface area (Å²) >= 11 is 6.02. The normalized spacial score (nSPS) is 16.3. The van der Waals surface area contributed by atoms with E-state index in [0.717, 1.165) is 12.1 Å². The van der Waals surface area contributed by atoms with E-state index in [2.05, 4.69) is 4.98 Å². The minimum Gasteiger partial charge on any atom is -0.474 e. The maximum atomic E-state index is 10.9. The largest absolute Gasteiger partial charge is 0.474 e. The average Bonchev–Trinajstić information content (AvgIpc) is 2.37. The molecule has 0 radical (unpaired) electrons. The molecule has 2 rings (SSSR count). The van der Waals surface area contributed by atoms with Crippen LogP contribution in [-0.2, 0) is 6.54 Å². The van der Waals surface area contributed by atoms with Gasteiger partial charge < -0.3 is 19.6 Å². The minimum absolute atomic E-state index is 0.0150. The molecule has 0 spiro atoms. The van der Waals surface area contributed by atoms with E-state index in [0.29, 0.717) is 37.0 Å². The Morgan fingerprint density at radius 2 is 2.14 bits per heavy atom. The first-order valence-electron chi connectivity index (χ1n) is 6.90. The summed E-state index contributed by atoms with van der Waals surface area (Å²) in [6.07, 6.45) is 0.453. The Labute approximate surface area is 129 Å². The Morgan fingerprint density at radius 3 is 2.71 bits per heavy atom. The van der Waals surface area contributed by atoms with Gasteiger partial charge in [0, 0.05) is 38.5 Å². The van der Waals surface area contributed by atoms with Crippen molar-refractivity contribution in [2.24, 2.45) is 0 Å². The van der Waals surface area contributed by atoms with Crippen molar-refractivity contribution in [1.29, 1.82) is 0 Å². The van der Waals surface area contributed by atoms with Gasteiger partial charge in [-0.1, -0.05) is 11.6 Å². The molecule has 21 heavy (non-hydrogen) atoms. The van der Waals surface area contributed by atoms with E-state index in [1.807, 2.05) is 31.1 Å². The highest BCUT2D eigenvalue weighted by Gasteiger charge is 2.23. The Kier molecular flexibility index (Phi) is 5.25. The number of ether oxygens (including phenoxy) is 1. The van der Waals surface area contributed by atoms with Crippen LogP contribution in [0.4, 0.5) is 4.79 Å². The second-order valence-corrected chi connectivity index (χ2v) is 5.85. The molecule has 1 N–H and O–H groups in total. The van der Waals surface area contributed by atoms with Crippen LogP contribution < -0.4 is 4.74 Å². The quantitative estimate of drug-likeness (QED) is 0.864. The summed E-state index contributed by atoms with van der Waals surface area (Å²) in [5, 5.41) is 9.33. The molecule has 0 saturated carbocycles. The smallest absolute Gasteiger partial charge is 0.407 e. The zero-order valence-corrected chi connectivity index (χ0v) is 13.0. The number of aromatic nitrogens is 1. The van der Waals surface area contributed by atoms with Crippen LogP contribution in [0.1, 0.15) is 18.4 Å². The molecule has 2 heterocycles. The number of rotatable bonds is 4. The number of likely N-dealkylation sites (tertiary alicyclic amines) is 1. The lowest BCUT2D eigenvalue weighted by molar-refractivity contribution is 0.0870. The van der Waals surface area contributed by atoms with E-state index in [1.54, 1.807) is 0 Å². The molecular formula is C14H20ClN3O3. The van der Waals surface area contributed by atoms with Gasteiger partial charge in [-0.15, -0.1) is 0 Å². The second-order valence-electron chi connectivity index (χ2n) is 5.46. The third-order valence-corrected chi connectivity index (χ3v) is 3.52. The van der Waals surface area contributed by atoms with Gasteiger partial charge >= 0.3 is 6.09 Å². The second kappa shape index (κ2) is 6.95. The van der Waals surface area contributed by atoms with Gasteiger partial charge in [0.25, 0.3) is 0 Å². The lowest BCUT2D eigenvalue weighted by atomic mass is 10.1. The molecule has 7 heteroatoms. The van der Waals surface area contributed by atoms with Crippen LogP contribution in [-0.4, -0.2) is 59.3 Å². The number of pyridine rings is 1. The molecule has 116 valence electrons. The molecule has 0 aliphatic carbocycles. The monoisotopic (exact) mass is 313 g/mol. The van der Waals surface area contributed by atoms with Gasteiger partial charge in [-0.3, -0.25) is 0 Å². The van der Waals surface area contributed by atoms with E-state index < -0.39 is 6.09 Å². The highest BCUT2D eigenvalue weighted by molar-refractivity contribution is 6.29. The summed E-state index contributed by atoms with van der Waals surface area (Å²) in [5.74, 6) is 0.508. The summed E-state index contributed by atoms with van der Waals surface area (Å²) in [6.45, 7) is 1.74. The summed E-state index contributed by atoms with van der Waals surface area (Å²) in [4.78, 5) is 18.5. The topological polar surface area (TPSA) is 65.9 Å². The zero-order chi connectivity index (χ0) is 15.4. The molecule has 0 unspecified atom stereocenters. The number of halogens is 1. The Balaban J connectivity index is 1.97. The molecule has 1 saturated heterocycles. The maximum absolute atomic E-state index is 10.9. The van der Waals surface area contributed by atoms with Crippen molar-refractivity contribution in [3.8, 4) is 5.88 Å². The number of carbonyl (C=O) groups is 1. The van der Waals surface area contributed by atoms with Crippen LogP contribution in [0.2, 0.25) is 5.15 Å². The maximum Gasteiger partial charge on any atom is 0.407 e. The summed E-state index contributed by atoms with van der Waals surface area (Å²) in [7, 11) is 3.97. The van der Waals surface area contributed by atoms with Crippen molar-refractivity contribution >= 4 is 17.7 Å². The number of piperidine rings is 1. The fourth-order valence-electron chi connectivity index (χ4n) is 2.38.